The Labute approximate surface area is 177 Å². The summed E-state index contributed by atoms with van der Waals surface area (Å²) < 4.78 is 28.6. The average molecular weight is 421 g/mol. The first-order chi connectivity index (χ1) is 14.4. The molecule has 3 aromatic rings. The largest absolute Gasteiger partial charge is 0.314 e. The average Bonchev–Trinajstić information content (AvgIpc) is 3.12. The fourth-order valence-electron chi connectivity index (χ4n) is 3.90. The molecule has 5 nitrogen and oxygen atoms in total. The molecule has 4 rings (SSSR count). The van der Waals surface area contributed by atoms with Crippen molar-refractivity contribution < 1.29 is 13.2 Å². The maximum atomic E-state index is 13.6. The van der Waals surface area contributed by atoms with E-state index in [4.69, 9.17) is 0 Å². The minimum Gasteiger partial charge on any atom is -0.314 e. The Morgan fingerprint density at radius 3 is 2.03 bits per heavy atom. The number of carbonyl (C=O) groups is 1. The predicted molar refractivity (Wildman–Crippen MR) is 116 cm³/mol. The normalized spacial score (nSPS) is 19.7. The predicted octanol–water partition coefficient (Wildman–Crippen LogP) is 4.23. The molecule has 1 saturated heterocycles. The summed E-state index contributed by atoms with van der Waals surface area (Å²) in [6.45, 7) is 4.04. The van der Waals surface area contributed by atoms with Gasteiger partial charge in [-0.3, -0.25) is 4.79 Å². The Balaban J connectivity index is 1.81. The van der Waals surface area contributed by atoms with Crippen molar-refractivity contribution in [1.29, 1.82) is 0 Å². The molecule has 30 heavy (non-hydrogen) atoms. The number of nitrogens with zero attached hydrogens (tertiary/aromatic N) is 2. The van der Waals surface area contributed by atoms with Gasteiger partial charge in [-0.25, -0.2) is 8.42 Å². The van der Waals surface area contributed by atoms with Crippen LogP contribution in [0.15, 0.2) is 89.8 Å². The third-order valence-electron chi connectivity index (χ3n) is 5.44. The number of hydrogen-bond acceptors (Lipinski definition) is 3. The monoisotopic (exact) mass is 420 g/mol. The number of rotatable bonds is 4. The Hall–Kier alpha value is -2.96. The van der Waals surface area contributed by atoms with Gasteiger partial charge in [0.1, 0.15) is 6.17 Å². The lowest BCUT2D eigenvalue weighted by Gasteiger charge is -2.31. The Morgan fingerprint density at radius 2 is 1.43 bits per heavy atom. The van der Waals surface area contributed by atoms with Gasteiger partial charge in [0, 0.05) is 18.2 Å². The minimum atomic E-state index is -3.79. The molecule has 1 fully saturated rings. The van der Waals surface area contributed by atoms with Crippen LogP contribution in [0.1, 0.15) is 34.6 Å². The zero-order chi connectivity index (χ0) is 21.3. The molecular formula is C24H24N2O3S. The molecule has 1 heterocycles. The number of sulfonamides is 1. The van der Waals surface area contributed by atoms with Crippen molar-refractivity contribution in [3.63, 3.8) is 0 Å². The second-order valence-electron chi connectivity index (χ2n) is 7.60. The smallest absolute Gasteiger partial charge is 0.255 e. The molecule has 0 bridgehead atoms. The molecule has 2 unspecified atom stereocenters. The molecule has 1 aliphatic heterocycles. The van der Waals surface area contributed by atoms with Gasteiger partial charge in [0.2, 0.25) is 10.0 Å². The minimum absolute atomic E-state index is 0.182. The van der Waals surface area contributed by atoms with Gasteiger partial charge in [-0.2, -0.15) is 4.31 Å². The van der Waals surface area contributed by atoms with E-state index in [1.54, 1.807) is 41.3 Å². The molecule has 3 aromatic carbocycles. The van der Waals surface area contributed by atoms with Crippen LogP contribution in [0, 0.1) is 6.92 Å². The molecule has 0 radical (unpaired) electrons. The molecule has 6 heteroatoms. The highest BCUT2D eigenvalue weighted by atomic mass is 32.2. The van der Waals surface area contributed by atoms with E-state index in [1.807, 2.05) is 62.4 Å². The second kappa shape index (κ2) is 8.05. The maximum Gasteiger partial charge on any atom is 0.255 e. The molecular weight excluding hydrogens is 396 g/mol. The Morgan fingerprint density at radius 1 is 0.867 bits per heavy atom. The van der Waals surface area contributed by atoms with Gasteiger partial charge in [-0.1, -0.05) is 66.2 Å². The summed E-state index contributed by atoms with van der Waals surface area (Å²) in [5.74, 6) is -0.182. The van der Waals surface area contributed by atoms with Crippen molar-refractivity contribution in [1.82, 2.24) is 9.21 Å². The number of amides is 1. The third kappa shape index (κ3) is 3.64. The summed E-state index contributed by atoms with van der Waals surface area (Å²) in [5, 5.41) is 0. The van der Waals surface area contributed by atoms with Gasteiger partial charge in [0.25, 0.3) is 5.91 Å². The summed E-state index contributed by atoms with van der Waals surface area (Å²) in [6.07, 6.45) is -0.708. The van der Waals surface area contributed by atoms with Crippen molar-refractivity contribution in [3.05, 3.63) is 102 Å². The summed E-state index contributed by atoms with van der Waals surface area (Å²) in [6, 6.07) is 24.9. The zero-order valence-electron chi connectivity index (χ0n) is 17.0. The molecule has 0 aromatic heterocycles. The van der Waals surface area contributed by atoms with Crippen molar-refractivity contribution >= 4 is 15.9 Å². The fraction of sp³-hybridized carbons (Fsp3) is 0.208. The number of aryl methyl sites for hydroxylation is 1. The van der Waals surface area contributed by atoms with Crippen LogP contribution >= 0.6 is 0 Å². The van der Waals surface area contributed by atoms with Gasteiger partial charge in [0.15, 0.2) is 0 Å². The third-order valence-corrected chi connectivity index (χ3v) is 7.27. The first-order valence-corrected chi connectivity index (χ1v) is 11.3. The van der Waals surface area contributed by atoms with Crippen LogP contribution in [-0.2, 0) is 10.0 Å². The van der Waals surface area contributed by atoms with Crippen LogP contribution in [0.5, 0.6) is 0 Å². The lowest BCUT2D eigenvalue weighted by Crippen LogP contribution is -2.39. The van der Waals surface area contributed by atoms with Crippen LogP contribution in [0.25, 0.3) is 0 Å². The van der Waals surface area contributed by atoms with E-state index in [0.717, 1.165) is 11.1 Å². The van der Waals surface area contributed by atoms with E-state index in [2.05, 4.69) is 0 Å². The quantitative estimate of drug-likeness (QED) is 0.635. The van der Waals surface area contributed by atoms with Crippen molar-refractivity contribution in [2.45, 2.75) is 31.0 Å². The van der Waals surface area contributed by atoms with Crippen molar-refractivity contribution in [3.8, 4) is 0 Å². The highest BCUT2D eigenvalue weighted by molar-refractivity contribution is 7.89. The fourth-order valence-corrected chi connectivity index (χ4v) is 5.55. The van der Waals surface area contributed by atoms with Crippen molar-refractivity contribution in [2.75, 3.05) is 6.54 Å². The van der Waals surface area contributed by atoms with E-state index in [1.165, 1.54) is 4.31 Å². The Bertz CT molecular complexity index is 1130. The van der Waals surface area contributed by atoms with Crippen LogP contribution < -0.4 is 0 Å². The lowest BCUT2D eigenvalue weighted by atomic mass is 10.1. The highest BCUT2D eigenvalue weighted by Crippen LogP contribution is 2.38. The summed E-state index contributed by atoms with van der Waals surface area (Å²) in [7, 11) is -3.79. The second-order valence-corrected chi connectivity index (χ2v) is 9.49. The van der Waals surface area contributed by atoms with Crippen LogP contribution in [0.3, 0.4) is 0 Å². The molecule has 154 valence electrons. The molecule has 1 aliphatic rings. The molecule has 0 saturated carbocycles. The first kappa shape index (κ1) is 20.3. The highest BCUT2D eigenvalue weighted by Gasteiger charge is 2.47. The van der Waals surface area contributed by atoms with Gasteiger partial charge in [-0.05, 0) is 43.7 Å². The summed E-state index contributed by atoms with van der Waals surface area (Å²) in [4.78, 5) is 15.3. The van der Waals surface area contributed by atoms with Crippen molar-refractivity contribution in [2.24, 2.45) is 0 Å². The lowest BCUT2D eigenvalue weighted by molar-refractivity contribution is 0.0640. The van der Waals surface area contributed by atoms with E-state index in [-0.39, 0.29) is 23.4 Å². The van der Waals surface area contributed by atoms with E-state index in [9.17, 15) is 13.2 Å². The van der Waals surface area contributed by atoms with E-state index < -0.39 is 16.2 Å². The SMILES string of the molecule is Cc1ccc(S(=O)(=O)N2CC(C)N(C(=O)c3ccccc3)C2c2ccccc2)cc1. The first-order valence-electron chi connectivity index (χ1n) is 9.91. The van der Waals surface area contributed by atoms with E-state index >= 15 is 0 Å². The molecule has 0 aliphatic carbocycles. The van der Waals surface area contributed by atoms with Gasteiger partial charge < -0.3 is 4.90 Å². The van der Waals surface area contributed by atoms with Gasteiger partial charge in [0.05, 0.1) is 4.90 Å². The van der Waals surface area contributed by atoms with Crippen LogP contribution in [-0.4, -0.2) is 36.1 Å². The molecule has 0 spiro atoms. The Kier molecular flexibility index (Phi) is 5.45. The molecule has 2 atom stereocenters. The summed E-state index contributed by atoms with van der Waals surface area (Å²) >= 11 is 0. The number of benzene rings is 3. The van der Waals surface area contributed by atoms with E-state index in [0.29, 0.717) is 5.56 Å². The standard InChI is InChI=1S/C24H24N2O3S/c1-18-13-15-22(16-14-18)30(28,29)25-17-19(2)26(23(25)20-9-5-3-6-10-20)24(27)21-11-7-4-8-12-21/h3-16,19,23H,17H2,1-2H3. The number of carbonyl (C=O) groups excluding carboxylic acids is 1. The van der Waals surface area contributed by atoms with Gasteiger partial charge >= 0.3 is 0 Å². The number of hydrogen-bond donors (Lipinski definition) is 0. The zero-order valence-corrected chi connectivity index (χ0v) is 17.8. The molecule has 1 amide bonds. The topological polar surface area (TPSA) is 57.7 Å². The maximum absolute atomic E-state index is 13.6. The van der Waals surface area contributed by atoms with Crippen LogP contribution in [0.2, 0.25) is 0 Å². The molecule has 0 N–H and O–H groups in total. The van der Waals surface area contributed by atoms with Crippen LogP contribution in [0.4, 0.5) is 0 Å². The van der Waals surface area contributed by atoms with Gasteiger partial charge in [-0.15, -0.1) is 0 Å². The summed E-state index contributed by atoms with van der Waals surface area (Å²) in [5.41, 5.74) is 2.30.